The zero-order valence-electron chi connectivity index (χ0n) is 9.06. The number of nitrogens with one attached hydrogen (secondary N) is 2. The molecule has 14 heavy (non-hydrogen) atoms. The van der Waals surface area contributed by atoms with E-state index in [2.05, 4.69) is 29.4 Å². The molecule has 1 fully saturated rings. The third-order valence-corrected chi connectivity index (χ3v) is 3.00. The van der Waals surface area contributed by atoms with Crippen molar-refractivity contribution in [1.29, 1.82) is 0 Å². The van der Waals surface area contributed by atoms with Gasteiger partial charge in [-0.3, -0.25) is 5.10 Å². The summed E-state index contributed by atoms with van der Waals surface area (Å²) in [6.07, 6.45) is 4.86. The highest BCUT2D eigenvalue weighted by molar-refractivity contribution is 5.27. The molecule has 0 spiro atoms. The Bertz CT molecular complexity index is 297. The van der Waals surface area contributed by atoms with E-state index in [9.17, 15) is 0 Å². The van der Waals surface area contributed by atoms with Crippen LogP contribution in [0.5, 0.6) is 0 Å². The minimum Gasteiger partial charge on any atom is -0.309 e. The first-order valence-electron chi connectivity index (χ1n) is 5.60. The first-order chi connectivity index (χ1) is 6.83. The largest absolute Gasteiger partial charge is 0.309 e. The van der Waals surface area contributed by atoms with Crippen molar-refractivity contribution >= 4 is 0 Å². The molecule has 3 heteroatoms. The van der Waals surface area contributed by atoms with Crippen LogP contribution in [-0.4, -0.2) is 16.7 Å². The van der Waals surface area contributed by atoms with Crippen molar-refractivity contribution in [2.24, 2.45) is 0 Å². The van der Waals surface area contributed by atoms with E-state index in [4.69, 9.17) is 0 Å². The van der Waals surface area contributed by atoms with Gasteiger partial charge in [0, 0.05) is 5.69 Å². The number of hydrogen-bond donors (Lipinski definition) is 2. The molecular formula is C11H19N3. The van der Waals surface area contributed by atoms with Crippen LogP contribution >= 0.6 is 0 Å². The molecule has 1 aromatic rings. The van der Waals surface area contributed by atoms with Crippen LogP contribution < -0.4 is 5.32 Å². The quantitative estimate of drug-likeness (QED) is 0.771. The second-order valence-electron chi connectivity index (χ2n) is 4.11. The molecule has 1 aliphatic rings. The zero-order valence-corrected chi connectivity index (χ0v) is 9.06. The van der Waals surface area contributed by atoms with Crippen LogP contribution in [0, 0.1) is 6.92 Å². The molecule has 1 saturated heterocycles. The molecule has 78 valence electrons. The minimum absolute atomic E-state index is 0.501. The number of H-pyrrole nitrogens is 1. The Kier molecular flexibility index (Phi) is 2.87. The molecule has 2 rings (SSSR count). The predicted molar refractivity (Wildman–Crippen MR) is 57.3 cm³/mol. The van der Waals surface area contributed by atoms with Crippen molar-refractivity contribution in [3.8, 4) is 0 Å². The molecule has 0 bridgehead atoms. The van der Waals surface area contributed by atoms with Gasteiger partial charge in [0.05, 0.1) is 11.7 Å². The average Bonchev–Trinajstić information content (AvgIpc) is 2.77. The van der Waals surface area contributed by atoms with Crippen LogP contribution in [0.1, 0.15) is 49.2 Å². The lowest BCUT2D eigenvalue weighted by molar-refractivity contribution is 0.617. The number of rotatable bonds is 3. The number of hydrogen-bond acceptors (Lipinski definition) is 2. The molecular weight excluding hydrogens is 174 g/mol. The topological polar surface area (TPSA) is 40.7 Å². The maximum Gasteiger partial charge on any atom is 0.0826 e. The van der Waals surface area contributed by atoms with Gasteiger partial charge in [0.15, 0.2) is 0 Å². The van der Waals surface area contributed by atoms with Crippen LogP contribution in [0.3, 0.4) is 0 Å². The average molecular weight is 193 g/mol. The summed E-state index contributed by atoms with van der Waals surface area (Å²) in [4.78, 5) is 0. The van der Waals surface area contributed by atoms with Gasteiger partial charge in [-0.15, -0.1) is 0 Å². The highest BCUT2D eigenvalue weighted by Crippen LogP contribution is 2.26. The number of aryl methyl sites for hydroxylation is 1. The van der Waals surface area contributed by atoms with Crippen LogP contribution in [-0.2, 0) is 6.42 Å². The Morgan fingerprint density at radius 3 is 3.00 bits per heavy atom. The highest BCUT2D eigenvalue weighted by atomic mass is 15.1. The Hall–Kier alpha value is -0.830. The summed E-state index contributed by atoms with van der Waals surface area (Å²) in [5.41, 5.74) is 3.95. The van der Waals surface area contributed by atoms with Crippen LogP contribution in [0.2, 0.25) is 0 Å². The summed E-state index contributed by atoms with van der Waals surface area (Å²) >= 11 is 0. The van der Waals surface area contributed by atoms with Crippen LogP contribution in [0.15, 0.2) is 0 Å². The van der Waals surface area contributed by atoms with Crippen molar-refractivity contribution < 1.29 is 0 Å². The molecule has 3 nitrogen and oxygen atoms in total. The monoisotopic (exact) mass is 193 g/mol. The third kappa shape index (κ3) is 1.69. The predicted octanol–water partition coefficient (Wildman–Crippen LogP) is 2.10. The fraction of sp³-hybridized carbons (Fsp3) is 0.727. The maximum atomic E-state index is 4.43. The van der Waals surface area contributed by atoms with Gasteiger partial charge in [0.1, 0.15) is 0 Å². The van der Waals surface area contributed by atoms with Crippen molar-refractivity contribution in [3.63, 3.8) is 0 Å². The molecule has 1 atom stereocenters. The van der Waals surface area contributed by atoms with Gasteiger partial charge in [-0.25, -0.2) is 0 Å². The van der Waals surface area contributed by atoms with Gasteiger partial charge in [-0.1, -0.05) is 13.3 Å². The van der Waals surface area contributed by atoms with Gasteiger partial charge >= 0.3 is 0 Å². The third-order valence-electron chi connectivity index (χ3n) is 3.00. The fourth-order valence-corrected chi connectivity index (χ4v) is 2.24. The van der Waals surface area contributed by atoms with E-state index in [0.29, 0.717) is 6.04 Å². The van der Waals surface area contributed by atoms with Crippen molar-refractivity contribution in [2.45, 2.75) is 45.6 Å². The summed E-state index contributed by atoms with van der Waals surface area (Å²) in [7, 11) is 0. The summed E-state index contributed by atoms with van der Waals surface area (Å²) < 4.78 is 0. The van der Waals surface area contributed by atoms with E-state index in [-0.39, 0.29) is 0 Å². The number of nitrogens with zero attached hydrogens (tertiary/aromatic N) is 1. The molecule has 0 radical (unpaired) electrons. The lowest BCUT2D eigenvalue weighted by Gasteiger charge is -2.09. The van der Waals surface area contributed by atoms with Crippen molar-refractivity contribution in [1.82, 2.24) is 15.5 Å². The summed E-state index contributed by atoms with van der Waals surface area (Å²) in [5, 5.41) is 11.0. The van der Waals surface area contributed by atoms with E-state index >= 15 is 0 Å². The van der Waals surface area contributed by atoms with Gasteiger partial charge in [0.2, 0.25) is 0 Å². The lowest BCUT2D eigenvalue weighted by Crippen LogP contribution is -2.14. The van der Waals surface area contributed by atoms with Gasteiger partial charge in [0.25, 0.3) is 0 Å². The molecule has 0 aliphatic carbocycles. The number of aromatic amines is 1. The summed E-state index contributed by atoms with van der Waals surface area (Å²) in [5.74, 6) is 0. The Labute approximate surface area is 85.3 Å². The van der Waals surface area contributed by atoms with E-state index in [0.717, 1.165) is 13.0 Å². The molecule has 2 heterocycles. The van der Waals surface area contributed by atoms with E-state index < -0.39 is 0 Å². The van der Waals surface area contributed by atoms with Crippen molar-refractivity contribution in [2.75, 3.05) is 6.54 Å². The van der Waals surface area contributed by atoms with Crippen LogP contribution in [0.25, 0.3) is 0 Å². The highest BCUT2D eigenvalue weighted by Gasteiger charge is 2.22. The Balaban J connectivity index is 2.22. The Morgan fingerprint density at radius 1 is 1.50 bits per heavy atom. The first kappa shape index (κ1) is 9.71. The molecule has 1 unspecified atom stereocenters. The molecule has 1 aromatic heterocycles. The van der Waals surface area contributed by atoms with Gasteiger partial charge in [-0.2, -0.15) is 5.10 Å². The molecule has 0 saturated carbocycles. The smallest absolute Gasteiger partial charge is 0.0826 e. The van der Waals surface area contributed by atoms with Gasteiger partial charge in [-0.05, 0) is 38.3 Å². The first-order valence-corrected chi connectivity index (χ1v) is 5.60. The molecule has 0 aromatic carbocycles. The summed E-state index contributed by atoms with van der Waals surface area (Å²) in [6.45, 7) is 5.48. The van der Waals surface area contributed by atoms with E-state index in [1.54, 1.807) is 0 Å². The molecule has 0 amide bonds. The molecule has 1 aliphatic heterocycles. The van der Waals surface area contributed by atoms with E-state index in [1.165, 1.54) is 36.2 Å². The second kappa shape index (κ2) is 4.13. The van der Waals surface area contributed by atoms with Crippen LogP contribution in [0.4, 0.5) is 0 Å². The molecule has 2 N–H and O–H groups in total. The number of aromatic nitrogens is 2. The van der Waals surface area contributed by atoms with Crippen molar-refractivity contribution in [3.05, 3.63) is 17.0 Å². The normalized spacial score (nSPS) is 21.7. The fourth-order valence-electron chi connectivity index (χ4n) is 2.24. The Morgan fingerprint density at radius 2 is 2.36 bits per heavy atom. The standard InChI is InChI=1S/C11H19N3/c1-3-5-9-8(2)13-14-11(9)10-6-4-7-12-10/h10,12H,3-7H2,1-2H3,(H,13,14). The zero-order chi connectivity index (χ0) is 9.97. The minimum atomic E-state index is 0.501. The van der Waals surface area contributed by atoms with E-state index in [1.807, 2.05) is 0 Å². The maximum absolute atomic E-state index is 4.43. The second-order valence-corrected chi connectivity index (χ2v) is 4.11. The lowest BCUT2D eigenvalue weighted by atomic mass is 10.0. The summed E-state index contributed by atoms with van der Waals surface area (Å²) in [6, 6.07) is 0.501. The SMILES string of the molecule is CCCc1c(C2CCCN2)n[nH]c1C. The van der Waals surface area contributed by atoms with Gasteiger partial charge < -0.3 is 5.32 Å².